The van der Waals surface area contributed by atoms with Crippen LogP contribution in [0.5, 0.6) is 0 Å². The Kier molecular flexibility index (Phi) is 10.6. The molecule has 0 spiro atoms. The van der Waals surface area contributed by atoms with Crippen molar-refractivity contribution in [2.45, 2.75) is 117 Å². The van der Waals surface area contributed by atoms with Gasteiger partial charge in [-0.25, -0.2) is 0 Å². The molecule has 0 nitrogen and oxygen atoms in total. The topological polar surface area (TPSA) is 0 Å². The van der Waals surface area contributed by atoms with Crippen molar-refractivity contribution in [3.05, 3.63) is 129 Å². The molecule has 5 aliphatic carbocycles. The summed E-state index contributed by atoms with van der Waals surface area (Å²) in [5.74, 6) is -0.547. The van der Waals surface area contributed by atoms with Crippen LogP contribution in [0.4, 0.5) is 0 Å². The number of halogens is 2. The molecule has 0 aromatic heterocycles. The molecule has 0 N–H and O–H groups in total. The first-order chi connectivity index (χ1) is 24.1. The molecule has 1 fully saturated rings. The Hall–Kier alpha value is -1.70. The molecular formula is C49H60Cl2SiZr. The number of benzene rings is 3. The van der Waals surface area contributed by atoms with Gasteiger partial charge in [0.2, 0.25) is 0 Å². The third-order valence-corrected chi connectivity index (χ3v) is 27.8. The van der Waals surface area contributed by atoms with E-state index < -0.39 is 28.3 Å². The standard InChI is InChI=1S/C47H53.C2H7Si.2ClH.Zr/c1-10-19-32-29-36-33(30-20-12-11-13-21-30)24-18-25-35(36)39(32)42-41-37-28-31-22-14-15-23-34(31)40(37)38-26-16-17-27-46(38,8)47(41,9)45(6,7)44(4,5)43(42,2)3;1-3-2;;;/h11-16,18,20-26,29,39H,10,17,19,27-28H2,1-9H3;3H,1-2H3;2*1H;/q;;;;+2/p-2. The predicted molar refractivity (Wildman–Crippen MR) is 219 cm³/mol. The van der Waals surface area contributed by atoms with Gasteiger partial charge >= 0.3 is 324 Å². The van der Waals surface area contributed by atoms with Crippen LogP contribution in [0.25, 0.3) is 22.8 Å². The summed E-state index contributed by atoms with van der Waals surface area (Å²) in [6.45, 7) is 29.9. The Bertz CT molecular complexity index is 2060. The van der Waals surface area contributed by atoms with Crippen molar-refractivity contribution in [2.75, 3.05) is 0 Å². The number of allylic oxidation sites excluding steroid dienone is 7. The molecule has 4 heteroatoms. The first-order valence-electron chi connectivity index (χ1n) is 20.0. The normalized spacial score (nSPS) is 29.5. The van der Waals surface area contributed by atoms with Crippen LogP contribution in [0.2, 0.25) is 16.2 Å². The number of fused-ring (bicyclic) bond motifs is 7. The first-order valence-corrected chi connectivity index (χ1v) is 28.4. The molecule has 0 saturated heterocycles. The number of hydrogen-bond acceptors (Lipinski definition) is 0. The zero-order valence-electron chi connectivity index (χ0n) is 34.1. The van der Waals surface area contributed by atoms with Gasteiger partial charge in [0.05, 0.1) is 0 Å². The van der Waals surface area contributed by atoms with Crippen LogP contribution >= 0.6 is 0 Å². The van der Waals surface area contributed by atoms with Crippen LogP contribution in [0.3, 0.4) is 0 Å². The van der Waals surface area contributed by atoms with E-state index in [-0.39, 0.29) is 55.0 Å². The molecule has 1 saturated carbocycles. The van der Waals surface area contributed by atoms with Gasteiger partial charge in [-0.2, -0.15) is 0 Å². The molecule has 53 heavy (non-hydrogen) atoms. The van der Waals surface area contributed by atoms with Crippen LogP contribution in [0.15, 0.2) is 107 Å². The van der Waals surface area contributed by atoms with Gasteiger partial charge in [-0.1, -0.05) is 0 Å². The SMILES string of the molecule is CCCC1=Cc2c(-c3ccccc3)cccc2C1[C]1([Zr+2][SiH](C)C)C2=C3Cc4ccccc4C3=C3C=CCCC3(C)C2(C)C(C)(C)C(C)(C)C1(C)C.[Cl-].[Cl-]. The second kappa shape index (κ2) is 13.7. The minimum atomic E-state index is -1.04. The van der Waals surface area contributed by atoms with E-state index in [1.807, 2.05) is 5.57 Å². The van der Waals surface area contributed by atoms with E-state index in [0.29, 0.717) is 5.92 Å². The third kappa shape index (κ3) is 5.06. The van der Waals surface area contributed by atoms with Crippen LogP contribution in [0.1, 0.15) is 116 Å². The molecule has 0 heterocycles. The Balaban J connectivity index is 0.00000240. The Morgan fingerprint density at radius 1 is 0.755 bits per heavy atom. The second-order valence-corrected chi connectivity index (χ2v) is 34.1. The largest absolute Gasteiger partial charge is 1.00 e. The van der Waals surface area contributed by atoms with Crippen molar-refractivity contribution in [3.63, 3.8) is 0 Å². The van der Waals surface area contributed by atoms with Crippen LogP contribution < -0.4 is 24.8 Å². The molecule has 3 aromatic rings. The van der Waals surface area contributed by atoms with Crippen molar-refractivity contribution in [2.24, 2.45) is 27.1 Å². The molecule has 278 valence electrons. The van der Waals surface area contributed by atoms with Crippen molar-refractivity contribution >= 4 is 17.6 Å². The summed E-state index contributed by atoms with van der Waals surface area (Å²) in [6.07, 6.45) is 13.7. The van der Waals surface area contributed by atoms with Crippen molar-refractivity contribution in [1.82, 2.24) is 0 Å². The first kappa shape index (κ1) is 40.9. The zero-order chi connectivity index (χ0) is 36.4. The average molecular weight is 839 g/mol. The van der Waals surface area contributed by atoms with Gasteiger partial charge in [-0.15, -0.1) is 0 Å². The number of hydrogen-bond donors (Lipinski definition) is 0. The van der Waals surface area contributed by atoms with Crippen molar-refractivity contribution < 1.29 is 47.2 Å². The van der Waals surface area contributed by atoms with E-state index in [2.05, 4.69) is 166 Å². The summed E-state index contributed by atoms with van der Waals surface area (Å²) in [5, 5.41) is 0. The van der Waals surface area contributed by atoms with Gasteiger partial charge in [0.1, 0.15) is 0 Å². The molecule has 0 aliphatic heterocycles. The van der Waals surface area contributed by atoms with Gasteiger partial charge in [-0.3, -0.25) is 0 Å². The summed E-state index contributed by atoms with van der Waals surface area (Å²) in [5.41, 5.74) is 18.0. The van der Waals surface area contributed by atoms with E-state index in [0.717, 1.165) is 6.42 Å². The van der Waals surface area contributed by atoms with Crippen molar-refractivity contribution in [1.29, 1.82) is 0 Å². The van der Waals surface area contributed by atoms with Gasteiger partial charge in [0.25, 0.3) is 0 Å². The summed E-state index contributed by atoms with van der Waals surface area (Å²) in [6, 6.07) is 28.2. The Morgan fingerprint density at radius 3 is 2.09 bits per heavy atom. The summed E-state index contributed by atoms with van der Waals surface area (Å²) < 4.78 is 0.129. The van der Waals surface area contributed by atoms with Crippen LogP contribution in [-0.2, 0) is 28.8 Å². The predicted octanol–water partition coefficient (Wildman–Crippen LogP) is 7.64. The van der Waals surface area contributed by atoms with Gasteiger partial charge in [0, 0.05) is 0 Å². The maximum absolute atomic E-state index is 2.82. The fraction of sp³-hybridized carbons (Fsp3) is 0.469. The number of rotatable bonds is 6. The maximum Gasteiger partial charge on any atom is -1.00 e. The third-order valence-electron chi connectivity index (χ3n) is 16.3. The second-order valence-electron chi connectivity index (χ2n) is 18.9. The molecule has 0 radical (unpaired) electrons. The molecule has 8 rings (SSSR count). The van der Waals surface area contributed by atoms with Crippen LogP contribution in [0, 0.1) is 27.1 Å². The Morgan fingerprint density at radius 2 is 1.42 bits per heavy atom. The van der Waals surface area contributed by atoms with Crippen LogP contribution in [-0.4, -0.2) is 5.92 Å². The molecule has 0 bridgehead atoms. The smallest absolute Gasteiger partial charge is 1.00 e. The maximum atomic E-state index is 2.82. The van der Waals surface area contributed by atoms with E-state index in [4.69, 9.17) is 0 Å². The molecule has 4 unspecified atom stereocenters. The minimum Gasteiger partial charge on any atom is -1.00 e. The van der Waals surface area contributed by atoms with Crippen molar-refractivity contribution in [3.8, 4) is 11.1 Å². The monoisotopic (exact) mass is 836 g/mol. The molecular weight excluding hydrogens is 779 g/mol. The Labute approximate surface area is 346 Å². The van der Waals surface area contributed by atoms with Gasteiger partial charge in [-0.05, 0) is 0 Å². The van der Waals surface area contributed by atoms with E-state index in [9.17, 15) is 0 Å². The fourth-order valence-corrected chi connectivity index (χ4v) is 28.6. The van der Waals surface area contributed by atoms with E-state index in [1.165, 1.54) is 47.9 Å². The summed E-state index contributed by atoms with van der Waals surface area (Å²) in [4.78, 5) is 0. The quantitative estimate of drug-likeness (QED) is 0.224. The summed E-state index contributed by atoms with van der Waals surface area (Å²) >= 11 is -1.04. The summed E-state index contributed by atoms with van der Waals surface area (Å²) in [7, 11) is 0. The van der Waals surface area contributed by atoms with Gasteiger partial charge < -0.3 is 24.8 Å². The van der Waals surface area contributed by atoms with Gasteiger partial charge in [0.15, 0.2) is 0 Å². The average Bonchev–Trinajstić information content (AvgIpc) is 3.66. The molecule has 4 atom stereocenters. The zero-order valence-corrected chi connectivity index (χ0v) is 39.2. The van der Waals surface area contributed by atoms with E-state index in [1.54, 1.807) is 33.4 Å². The van der Waals surface area contributed by atoms with E-state index >= 15 is 0 Å². The molecule has 3 aromatic carbocycles. The minimum absolute atomic E-state index is 0. The molecule has 5 aliphatic rings. The molecule has 0 amide bonds. The fourth-order valence-electron chi connectivity index (χ4n) is 12.7.